The molecule has 0 radical (unpaired) electrons. The van der Waals surface area contributed by atoms with Crippen LogP contribution in [0.3, 0.4) is 0 Å². The molecular formula is C33H56O6. The van der Waals surface area contributed by atoms with Crippen LogP contribution in [0.5, 0.6) is 0 Å². The van der Waals surface area contributed by atoms with Crippen molar-refractivity contribution in [1.82, 2.24) is 0 Å². The van der Waals surface area contributed by atoms with Gasteiger partial charge in [0.2, 0.25) is 0 Å². The standard InChI is InChI=1S/C33H56O6/c1-21(2)22(34)18-25(31(9,10)11)37-28(38-26(32(12,13)14)19-23(35)29(3,4)5)39-27(33(15,16)17)20-24(36)30(6,7)8/h18-21,28H,1-17H3/b25-18+,26-19-,27-20+. The average Bonchev–Trinajstić information content (AvgIpc) is 2.67. The van der Waals surface area contributed by atoms with Crippen LogP contribution in [0.4, 0.5) is 0 Å². The van der Waals surface area contributed by atoms with Crippen LogP contribution in [-0.2, 0) is 28.6 Å². The number of carbonyl (C=O) groups is 3. The van der Waals surface area contributed by atoms with Gasteiger partial charge in [-0.1, -0.05) is 118 Å². The molecule has 1 unspecified atom stereocenters. The predicted molar refractivity (Wildman–Crippen MR) is 158 cm³/mol. The fourth-order valence-electron chi connectivity index (χ4n) is 2.63. The first kappa shape index (κ1) is 36.6. The first-order valence-electron chi connectivity index (χ1n) is 13.9. The third kappa shape index (κ3) is 13.0. The second-order valence-electron chi connectivity index (χ2n) is 15.7. The SMILES string of the molecule is CC(C)C(=O)/C=C(/OC(O/C(=C\C(=O)C(C)(C)C)C(C)(C)C)O/C(=C/C(=O)C(C)(C)C)C(C)(C)C)C(C)(C)C. The van der Waals surface area contributed by atoms with Crippen LogP contribution in [0, 0.1) is 33.0 Å². The van der Waals surface area contributed by atoms with E-state index in [-0.39, 0.29) is 23.3 Å². The van der Waals surface area contributed by atoms with E-state index in [1.165, 1.54) is 18.2 Å². The second-order valence-corrected chi connectivity index (χ2v) is 15.7. The van der Waals surface area contributed by atoms with E-state index < -0.39 is 33.6 Å². The number of hydrogen-bond acceptors (Lipinski definition) is 6. The Morgan fingerprint density at radius 2 is 0.718 bits per heavy atom. The number of ketones is 3. The minimum absolute atomic E-state index is 0.0948. The van der Waals surface area contributed by atoms with Crippen molar-refractivity contribution in [3.05, 3.63) is 35.5 Å². The van der Waals surface area contributed by atoms with Gasteiger partial charge in [-0.15, -0.1) is 0 Å². The maximum absolute atomic E-state index is 13.0. The molecule has 0 aliphatic heterocycles. The largest absolute Gasteiger partial charge is 0.427 e. The second kappa shape index (κ2) is 12.9. The van der Waals surface area contributed by atoms with Crippen LogP contribution in [0.25, 0.3) is 0 Å². The minimum atomic E-state index is -1.37. The zero-order valence-corrected chi connectivity index (χ0v) is 27.8. The Hall–Kier alpha value is -2.37. The zero-order valence-electron chi connectivity index (χ0n) is 27.8. The van der Waals surface area contributed by atoms with Crippen molar-refractivity contribution in [3.8, 4) is 0 Å². The van der Waals surface area contributed by atoms with Gasteiger partial charge in [0.15, 0.2) is 17.3 Å². The smallest absolute Gasteiger partial charge is 0.405 e. The lowest BCUT2D eigenvalue weighted by Gasteiger charge is -2.34. The van der Waals surface area contributed by atoms with Crippen molar-refractivity contribution in [1.29, 1.82) is 0 Å². The molecule has 0 heterocycles. The Bertz CT molecular complexity index is 916. The summed E-state index contributed by atoms with van der Waals surface area (Å²) < 4.78 is 19.0. The lowest BCUT2D eigenvalue weighted by Crippen LogP contribution is -2.31. The summed E-state index contributed by atoms with van der Waals surface area (Å²) in [6.07, 6.45) is 4.45. The minimum Gasteiger partial charge on any atom is -0.427 e. The van der Waals surface area contributed by atoms with Gasteiger partial charge in [0, 0.05) is 51.2 Å². The van der Waals surface area contributed by atoms with Gasteiger partial charge in [0.1, 0.15) is 17.3 Å². The number of carbonyl (C=O) groups excluding carboxylic acids is 3. The lowest BCUT2D eigenvalue weighted by atomic mass is 9.86. The molecule has 0 amide bonds. The Morgan fingerprint density at radius 1 is 0.462 bits per heavy atom. The van der Waals surface area contributed by atoms with Crippen molar-refractivity contribution < 1.29 is 28.6 Å². The summed E-state index contributed by atoms with van der Waals surface area (Å²) in [7, 11) is 0. The summed E-state index contributed by atoms with van der Waals surface area (Å²) in [4.78, 5) is 38.7. The molecule has 0 saturated heterocycles. The van der Waals surface area contributed by atoms with E-state index in [2.05, 4.69) is 0 Å². The van der Waals surface area contributed by atoms with Gasteiger partial charge >= 0.3 is 6.48 Å². The highest BCUT2D eigenvalue weighted by Crippen LogP contribution is 2.36. The van der Waals surface area contributed by atoms with Crippen LogP contribution in [0.15, 0.2) is 35.5 Å². The molecule has 0 N–H and O–H groups in total. The van der Waals surface area contributed by atoms with Crippen molar-refractivity contribution in [2.45, 2.75) is 124 Å². The summed E-state index contributed by atoms with van der Waals surface area (Å²) in [6.45, 7) is 30.7. The first-order chi connectivity index (χ1) is 17.1. The van der Waals surface area contributed by atoms with Crippen molar-refractivity contribution in [2.75, 3.05) is 0 Å². The summed E-state index contributed by atoms with van der Waals surface area (Å²) in [6, 6.07) is 0. The van der Waals surface area contributed by atoms with Gasteiger partial charge in [-0.3, -0.25) is 14.4 Å². The van der Waals surface area contributed by atoms with Crippen LogP contribution in [0.2, 0.25) is 0 Å². The molecule has 0 aromatic carbocycles. The van der Waals surface area contributed by atoms with Gasteiger partial charge in [0.05, 0.1) is 0 Å². The topological polar surface area (TPSA) is 78.9 Å². The van der Waals surface area contributed by atoms with E-state index in [0.29, 0.717) is 17.3 Å². The summed E-state index contributed by atoms with van der Waals surface area (Å²) in [5, 5.41) is 0. The predicted octanol–water partition coefficient (Wildman–Crippen LogP) is 8.57. The normalized spacial score (nSPS) is 15.7. The molecule has 1 atom stereocenters. The van der Waals surface area contributed by atoms with E-state index in [9.17, 15) is 14.4 Å². The monoisotopic (exact) mass is 548 g/mol. The molecule has 0 aliphatic carbocycles. The molecule has 0 aliphatic rings. The first-order valence-corrected chi connectivity index (χ1v) is 13.9. The molecule has 0 fully saturated rings. The number of allylic oxidation sites excluding steroid dienone is 6. The Kier molecular flexibility index (Phi) is 12.1. The third-order valence-electron chi connectivity index (χ3n) is 5.73. The summed E-state index contributed by atoms with van der Waals surface area (Å²) >= 11 is 0. The molecule has 0 saturated carbocycles. The van der Waals surface area contributed by atoms with Gasteiger partial charge in [-0.05, 0) is 0 Å². The molecule has 0 aromatic rings. The van der Waals surface area contributed by atoms with Gasteiger partial charge in [-0.2, -0.15) is 0 Å². The fourth-order valence-corrected chi connectivity index (χ4v) is 2.63. The van der Waals surface area contributed by atoms with Gasteiger partial charge < -0.3 is 14.2 Å². The van der Waals surface area contributed by atoms with E-state index in [4.69, 9.17) is 14.2 Å². The van der Waals surface area contributed by atoms with Gasteiger partial charge in [-0.25, -0.2) is 0 Å². The van der Waals surface area contributed by atoms with Crippen LogP contribution in [-0.4, -0.2) is 23.8 Å². The van der Waals surface area contributed by atoms with Crippen LogP contribution < -0.4 is 0 Å². The summed E-state index contributed by atoms with van der Waals surface area (Å²) in [5.74, 6) is 0.567. The highest BCUT2D eigenvalue weighted by Gasteiger charge is 2.34. The Morgan fingerprint density at radius 3 is 0.923 bits per heavy atom. The third-order valence-corrected chi connectivity index (χ3v) is 5.73. The zero-order chi connectivity index (χ0) is 31.4. The molecule has 0 aromatic heterocycles. The quantitative estimate of drug-likeness (QED) is 0.155. The van der Waals surface area contributed by atoms with Crippen molar-refractivity contribution >= 4 is 17.3 Å². The molecule has 6 heteroatoms. The van der Waals surface area contributed by atoms with E-state index in [1.54, 1.807) is 0 Å². The van der Waals surface area contributed by atoms with Crippen LogP contribution >= 0.6 is 0 Å². The molecule has 224 valence electrons. The molecule has 0 rings (SSSR count). The molecule has 6 nitrogen and oxygen atoms in total. The summed E-state index contributed by atoms with van der Waals surface area (Å²) in [5.41, 5.74) is -2.94. The lowest BCUT2D eigenvalue weighted by molar-refractivity contribution is -0.253. The fraction of sp³-hybridized carbons (Fsp3) is 0.727. The van der Waals surface area contributed by atoms with E-state index in [1.807, 2.05) is 118 Å². The number of ether oxygens (including phenoxy) is 3. The van der Waals surface area contributed by atoms with Crippen molar-refractivity contribution in [3.63, 3.8) is 0 Å². The van der Waals surface area contributed by atoms with Gasteiger partial charge in [0.25, 0.3) is 0 Å². The molecule has 0 spiro atoms. The number of rotatable bonds is 10. The highest BCUT2D eigenvalue weighted by molar-refractivity contribution is 5.95. The molecule has 39 heavy (non-hydrogen) atoms. The Labute approximate surface area is 238 Å². The maximum atomic E-state index is 13.0. The van der Waals surface area contributed by atoms with Crippen LogP contribution in [0.1, 0.15) is 118 Å². The van der Waals surface area contributed by atoms with E-state index in [0.717, 1.165) is 0 Å². The Balaban J connectivity index is 7.05. The number of hydrogen-bond donors (Lipinski definition) is 0. The van der Waals surface area contributed by atoms with E-state index >= 15 is 0 Å². The highest BCUT2D eigenvalue weighted by atomic mass is 16.8. The molecule has 0 bridgehead atoms. The molecular weight excluding hydrogens is 492 g/mol. The maximum Gasteiger partial charge on any atom is 0.405 e. The average molecular weight is 549 g/mol. The van der Waals surface area contributed by atoms with Crippen molar-refractivity contribution in [2.24, 2.45) is 33.0 Å².